The van der Waals surface area contributed by atoms with E-state index in [0.29, 0.717) is 6.42 Å². The zero-order chi connectivity index (χ0) is 60.1. The Morgan fingerprint density at radius 2 is 0.590 bits per heavy atom. The third-order valence-electron chi connectivity index (χ3n) is 17.2. The second-order valence-electron chi connectivity index (χ2n) is 25.5. The molecular weight excluding hydrogens is 1050 g/mol. The largest absolute Gasteiger partial charge is 0.472 e. The van der Waals surface area contributed by atoms with E-state index in [1.807, 2.05) is 0 Å². The number of ether oxygens (including phenoxy) is 2. The van der Waals surface area contributed by atoms with E-state index in [1.165, 1.54) is 347 Å². The normalized spacial score (nSPS) is 12.9. The fourth-order valence-electron chi connectivity index (χ4n) is 11.6. The van der Waals surface area contributed by atoms with Gasteiger partial charge in [0.25, 0.3) is 0 Å². The zero-order valence-corrected chi connectivity index (χ0v) is 56.6. The Morgan fingerprint density at radius 1 is 0.349 bits per heavy atom. The van der Waals surface area contributed by atoms with E-state index in [-0.39, 0.29) is 38.6 Å². The molecule has 10 heteroatoms. The maximum Gasteiger partial charge on any atom is 0.472 e. The van der Waals surface area contributed by atoms with Gasteiger partial charge < -0.3 is 20.1 Å². The topological polar surface area (TPSA) is 134 Å². The number of unbranched alkanes of at least 4 members (excludes halogenated alkanes) is 57. The second-order valence-corrected chi connectivity index (χ2v) is 27.0. The van der Waals surface area contributed by atoms with Crippen molar-refractivity contribution in [1.29, 1.82) is 0 Å². The third-order valence-corrected chi connectivity index (χ3v) is 18.1. The van der Waals surface area contributed by atoms with Crippen LogP contribution >= 0.6 is 7.82 Å². The van der Waals surface area contributed by atoms with Gasteiger partial charge >= 0.3 is 19.8 Å². The van der Waals surface area contributed by atoms with Gasteiger partial charge in [-0.3, -0.25) is 18.6 Å². The molecular formula is C73H144NO8P. The number of esters is 2. The second kappa shape index (κ2) is 69.8. The highest BCUT2D eigenvalue weighted by molar-refractivity contribution is 7.47. The van der Waals surface area contributed by atoms with Crippen molar-refractivity contribution in [2.24, 2.45) is 5.73 Å². The van der Waals surface area contributed by atoms with Gasteiger partial charge in [-0.25, -0.2) is 4.57 Å². The molecule has 0 heterocycles. The van der Waals surface area contributed by atoms with Crippen LogP contribution in [0, 0.1) is 0 Å². The predicted octanol–water partition coefficient (Wildman–Crippen LogP) is 24.3. The van der Waals surface area contributed by atoms with Crippen LogP contribution < -0.4 is 5.73 Å². The average molecular weight is 1190 g/mol. The van der Waals surface area contributed by atoms with Crippen molar-refractivity contribution < 1.29 is 37.6 Å². The van der Waals surface area contributed by atoms with Gasteiger partial charge in [0.05, 0.1) is 13.2 Å². The summed E-state index contributed by atoms with van der Waals surface area (Å²) in [4.78, 5) is 35.4. The van der Waals surface area contributed by atoms with Crippen LogP contribution in [-0.4, -0.2) is 49.3 Å². The van der Waals surface area contributed by atoms with E-state index in [0.717, 1.165) is 32.1 Å². The predicted molar refractivity (Wildman–Crippen MR) is 358 cm³/mol. The van der Waals surface area contributed by atoms with Gasteiger partial charge in [-0.15, -0.1) is 0 Å². The van der Waals surface area contributed by atoms with Crippen molar-refractivity contribution >= 4 is 19.8 Å². The SMILES string of the molecule is CCCCCCCCCC/C=C\CCCCCCCCCCCCCCCCCCCCCCCCCCCCCC(=O)OC(COC(=O)CCCCCCCCCCCCCCCCCCCCCCCCC)COP(=O)(O)OCCN. The molecule has 2 atom stereocenters. The van der Waals surface area contributed by atoms with E-state index in [1.54, 1.807) is 0 Å². The molecule has 0 amide bonds. The van der Waals surface area contributed by atoms with E-state index in [2.05, 4.69) is 26.0 Å². The van der Waals surface area contributed by atoms with Gasteiger partial charge in [0.1, 0.15) is 6.61 Å². The van der Waals surface area contributed by atoms with Gasteiger partial charge in [0, 0.05) is 19.4 Å². The van der Waals surface area contributed by atoms with Crippen LogP contribution in [0.1, 0.15) is 412 Å². The first-order chi connectivity index (χ1) is 40.8. The number of hydrogen-bond acceptors (Lipinski definition) is 8. The number of nitrogens with two attached hydrogens (primary N) is 1. The Balaban J connectivity index is 3.73. The number of allylic oxidation sites excluding steroid dienone is 2. The summed E-state index contributed by atoms with van der Waals surface area (Å²) in [5, 5.41) is 0. The Kier molecular flexibility index (Phi) is 68.8. The quantitative estimate of drug-likeness (QED) is 0.0264. The van der Waals surface area contributed by atoms with E-state index < -0.39 is 26.5 Å². The molecule has 0 bridgehead atoms. The summed E-state index contributed by atoms with van der Waals surface area (Å²) in [5.41, 5.74) is 5.41. The number of carbonyl (C=O) groups is 2. The van der Waals surface area contributed by atoms with Crippen LogP contribution in [0.15, 0.2) is 12.2 Å². The molecule has 0 saturated carbocycles. The molecule has 0 spiro atoms. The van der Waals surface area contributed by atoms with Crippen LogP contribution in [-0.2, 0) is 32.7 Å². The molecule has 3 N–H and O–H groups in total. The molecule has 494 valence electrons. The summed E-state index contributed by atoms with van der Waals surface area (Å²) < 4.78 is 33.2. The first-order valence-electron chi connectivity index (χ1n) is 37.2. The van der Waals surface area contributed by atoms with Crippen LogP contribution in [0.3, 0.4) is 0 Å². The fraction of sp³-hybridized carbons (Fsp3) is 0.945. The van der Waals surface area contributed by atoms with Crippen molar-refractivity contribution in [2.45, 2.75) is 418 Å². The molecule has 0 aliphatic carbocycles. The summed E-state index contributed by atoms with van der Waals surface area (Å²) in [6, 6.07) is 0. The van der Waals surface area contributed by atoms with E-state index >= 15 is 0 Å². The fourth-order valence-corrected chi connectivity index (χ4v) is 12.4. The van der Waals surface area contributed by atoms with Crippen molar-refractivity contribution in [1.82, 2.24) is 0 Å². The number of carbonyl (C=O) groups excluding carboxylic acids is 2. The van der Waals surface area contributed by atoms with Crippen LogP contribution in [0.5, 0.6) is 0 Å². The minimum absolute atomic E-state index is 0.0582. The van der Waals surface area contributed by atoms with Gasteiger partial charge in [-0.2, -0.15) is 0 Å². The molecule has 83 heavy (non-hydrogen) atoms. The number of phosphoric ester groups is 1. The summed E-state index contributed by atoms with van der Waals surface area (Å²) in [5.74, 6) is -0.798. The number of rotatable bonds is 72. The zero-order valence-electron chi connectivity index (χ0n) is 55.7. The van der Waals surface area contributed by atoms with Crippen LogP contribution in [0.25, 0.3) is 0 Å². The minimum Gasteiger partial charge on any atom is -0.462 e. The highest BCUT2D eigenvalue weighted by atomic mass is 31.2. The highest BCUT2D eigenvalue weighted by Crippen LogP contribution is 2.43. The Morgan fingerprint density at radius 3 is 0.855 bits per heavy atom. The molecule has 2 unspecified atom stereocenters. The summed E-state index contributed by atoms with van der Waals surface area (Å²) in [6.45, 7) is 3.84. The molecule has 0 aliphatic heterocycles. The maximum absolute atomic E-state index is 12.8. The molecule has 0 saturated heterocycles. The average Bonchev–Trinajstić information content (AvgIpc) is 3.48. The van der Waals surface area contributed by atoms with Gasteiger partial charge in [-0.1, -0.05) is 373 Å². The van der Waals surface area contributed by atoms with Gasteiger partial charge in [-0.05, 0) is 38.5 Å². The van der Waals surface area contributed by atoms with Crippen LogP contribution in [0.2, 0.25) is 0 Å². The standard InChI is InChI=1S/C73H144NO8P/c1-3-5-7-9-11-13-15-17-19-21-23-25-27-28-29-30-31-32-33-34-35-36-37-38-39-40-41-42-44-46-48-50-52-54-56-58-60-62-64-66-73(76)82-71(70-81-83(77,78)80-68-67-74)69-79-72(75)65-63-61-59-57-55-53-51-49-47-45-43-26-24-22-20-18-16-14-12-10-8-6-4-2/h21,23,71H,3-20,22,24-70,74H2,1-2H3,(H,77,78)/b23-21-. The Labute approximate surface area is 517 Å². The molecule has 0 aliphatic rings. The van der Waals surface area contributed by atoms with Crippen molar-refractivity contribution in [3.8, 4) is 0 Å². The third kappa shape index (κ3) is 69.7. The van der Waals surface area contributed by atoms with Crippen LogP contribution in [0.4, 0.5) is 0 Å². The first kappa shape index (κ1) is 81.8. The molecule has 0 aromatic rings. The Hall–Kier alpha value is -1.25. The lowest BCUT2D eigenvalue weighted by atomic mass is 10.0. The summed E-state index contributed by atoms with van der Waals surface area (Å²) >= 11 is 0. The molecule has 0 aromatic heterocycles. The van der Waals surface area contributed by atoms with E-state index in [9.17, 15) is 19.0 Å². The minimum atomic E-state index is -4.39. The van der Waals surface area contributed by atoms with Crippen molar-refractivity contribution in [3.05, 3.63) is 12.2 Å². The lowest BCUT2D eigenvalue weighted by Crippen LogP contribution is -2.29. The lowest BCUT2D eigenvalue weighted by molar-refractivity contribution is -0.161. The molecule has 9 nitrogen and oxygen atoms in total. The lowest BCUT2D eigenvalue weighted by Gasteiger charge is -2.19. The Bertz CT molecular complexity index is 1360. The van der Waals surface area contributed by atoms with E-state index in [4.69, 9.17) is 24.3 Å². The van der Waals surface area contributed by atoms with Gasteiger partial charge in [0.2, 0.25) is 0 Å². The molecule has 0 fully saturated rings. The molecule has 0 radical (unpaired) electrons. The monoisotopic (exact) mass is 1190 g/mol. The number of hydrogen-bond donors (Lipinski definition) is 2. The summed E-state index contributed by atoms with van der Waals surface area (Å²) in [7, 11) is -4.39. The first-order valence-corrected chi connectivity index (χ1v) is 38.7. The number of phosphoric acid groups is 1. The summed E-state index contributed by atoms with van der Waals surface area (Å²) in [6.07, 6.45) is 84.8. The van der Waals surface area contributed by atoms with Crippen molar-refractivity contribution in [2.75, 3.05) is 26.4 Å². The van der Waals surface area contributed by atoms with Crippen molar-refractivity contribution in [3.63, 3.8) is 0 Å². The molecule has 0 aromatic carbocycles. The maximum atomic E-state index is 12.8. The smallest absolute Gasteiger partial charge is 0.462 e. The molecule has 0 rings (SSSR count). The highest BCUT2D eigenvalue weighted by Gasteiger charge is 2.26. The van der Waals surface area contributed by atoms with Gasteiger partial charge in [0.15, 0.2) is 6.10 Å².